The first-order valence-electron chi connectivity index (χ1n) is 5.06. The highest BCUT2D eigenvalue weighted by Gasteiger charge is 2.17. The molecule has 0 aliphatic carbocycles. The third-order valence-electron chi connectivity index (χ3n) is 2.18. The van der Waals surface area contributed by atoms with Gasteiger partial charge in [-0.25, -0.2) is 13.6 Å². The van der Waals surface area contributed by atoms with Crippen LogP contribution in [0.3, 0.4) is 0 Å². The van der Waals surface area contributed by atoms with Gasteiger partial charge in [0.2, 0.25) is 10.0 Å². The Bertz CT molecular complexity index is 556. The zero-order valence-corrected chi connectivity index (χ0v) is 10.7. The molecule has 1 aromatic carbocycles. The average Bonchev–Trinajstić information content (AvgIpc) is 2.19. The summed E-state index contributed by atoms with van der Waals surface area (Å²) in [6, 6.07) is 3.33. The monoisotopic (exact) mass is 253 g/mol. The summed E-state index contributed by atoms with van der Waals surface area (Å²) < 4.78 is 28.3. The van der Waals surface area contributed by atoms with Gasteiger partial charge in [0.15, 0.2) is 0 Å². The maximum absolute atomic E-state index is 11.4. The van der Waals surface area contributed by atoms with Gasteiger partial charge in [0, 0.05) is 6.42 Å². The SMILES string of the molecule is C#CCCOc1c(C)cc(C)cc1S(N)(=O)=O. The lowest BCUT2D eigenvalue weighted by atomic mass is 10.1. The van der Waals surface area contributed by atoms with Crippen LogP contribution in [0, 0.1) is 26.2 Å². The number of benzene rings is 1. The van der Waals surface area contributed by atoms with Crippen LogP contribution in [-0.4, -0.2) is 15.0 Å². The molecule has 4 nitrogen and oxygen atoms in total. The molecule has 0 aliphatic rings. The van der Waals surface area contributed by atoms with E-state index in [2.05, 4.69) is 5.92 Å². The molecule has 1 rings (SSSR count). The predicted molar refractivity (Wildman–Crippen MR) is 66.2 cm³/mol. The van der Waals surface area contributed by atoms with Crippen molar-refractivity contribution in [2.45, 2.75) is 25.2 Å². The molecule has 17 heavy (non-hydrogen) atoms. The summed E-state index contributed by atoms with van der Waals surface area (Å²) in [6.45, 7) is 3.84. The Balaban J connectivity index is 3.23. The maximum Gasteiger partial charge on any atom is 0.241 e. The predicted octanol–water partition coefficient (Wildman–Crippen LogP) is 1.35. The van der Waals surface area contributed by atoms with Crippen LogP contribution in [0.4, 0.5) is 0 Å². The molecule has 0 saturated heterocycles. The molecule has 1 aromatic rings. The van der Waals surface area contributed by atoms with E-state index in [1.54, 1.807) is 13.8 Å². The lowest BCUT2D eigenvalue weighted by Gasteiger charge is -2.13. The van der Waals surface area contributed by atoms with Crippen molar-refractivity contribution >= 4 is 10.0 Å². The van der Waals surface area contributed by atoms with E-state index in [4.69, 9.17) is 16.3 Å². The quantitative estimate of drug-likeness (QED) is 0.650. The number of aryl methyl sites for hydroxylation is 2. The first kappa shape index (κ1) is 13.6. The minimum Gasteiger partial charge on any atom is -0.491 e. The van der Waals surface area contributed by atoms with Crippen LogP contribution in [-0.2, 0) is 10.0 Å². The van der Waals surface area contributed by atoms with Crippen molar-refractivity contribution in [3.8, 4) is 18.1 Å². The molecule has 0 bridgehead atoms. The summed E-state index contributed by atoms with van der Waals surface area (Å²) in [5.74, 6) is 2.71. The largest absolute Gasteiger partial charge is 0.491 e. The molecule has 0 amide bonds. The minimum atomic E-state index is -3.79. The lowest BCUT2D eigenvalue weighted by molar-refractivity contribution is 0.316. The Morgan fingerprint density at radius 2 is 2.06 bits per heavy atom. The molecule has 0 radical (unpaired) electrons. The van der Waals surface area contributed by atoms with E-state index < -0.39 is 10.0 Å². The molecule has 0 fully saturated rings. The van der Waals surface area contributed by atoms with Crippen molar-refractivity contribution in [1.29, 1.82) is 0 Å². The molecular weight excluding hydrogens is 238 g/mol. The zero-order chi connectivity index (χ0) is 13.1. The minimum absolute atomic E-state index is 0.00650. The second-order valence-corrected chi connectivity index (χ2v) is 5.29. The molecule has 0 saturated carbocycles. The Kier molecular flexibility index (Phi) is 4.16. The second kappa shape index (κ2) is 5.21. The first-order valence-corrected chi connectivity index (χ1v) is 6.61. The molecule has 2 N–H and O–H groups in total. The number of nitrogens with two attached hydrogens (primary N) is 1. The number of terminal acetylenes is 1. The van der Waals surface area contributed by atoms with Gasteiger partial charge in [-0.2, -0.15) is 0 Å². The van der Waals surface area contributed by atoms with Crippen molar-refractivity contribution in [3.63, 3.8) is 0 Å². The highest BCUT2D eigenvalue weighted by Crippen LogP contribution is 2.28. The fraction of sp³-hybridized carbons (Fsp3) is 0.333. The van der Waals surface area contributed by atoms with E-state index in [1.807, 2.05) is 6.07 Å². The van der Waals surface area contributed by atoms with Crippen LogP contribution >= 0.6 is 0 Å². The summed E-state index contributed by atoms with van der Waals surface area (Å²) in [5, 5.41) is 5.15. The molecule has 0 atom stereocenters. The van der Waals surface area contributed by atoms with Gasteiger partial charge in [-0.15, -0.1) is 12.3 Å². The molecule has 0 aromatic heterocycles. The Hall–Kier alpha value is -1.51. The Morgan fingerprint density at radius 3 is 2.59 bits per heavy atom. The number of primary sulfonamides is 1. The van der Waals surface area contributed by atoms with Crippen molar-refractivity contribution in [1.82, 2.24) is 0 Å². The van der Waals surface area contributed by atoms with Crippen LogP contribution in [0.2, 0.25) is 0 Å². The number of sulfonamides is 1. The zero-order valence-electron chi connectivity index (χ0n) is 9.86. The van der Waals surface area contributed by atoms with Crippen LogP contribution < -0.4 is 9.88 Å². The third kappa shape index (κ3) is 3.48. The maximum atomic E-state index is 11.4. The first-order chi connectivity index (χ1) is 7.86. The topological polar surface area (TPSA) is 69.4 Å². The third-order valence-corrected chi connectivity index (χ3v) is 3.10. The van der Waals surface area contributed by atoms with E-state index in [9.17, 15) is 8.42 Å². The second-order valence-electron chi connectivity index (χ2n) is 3.76. The number of hydrogen-bond donors (Lipinski definition) is 1. The van der Waals surface area contributed by atoms with Gasteiger partial charge in [-0.1, -0.05) is 6.07 Å². The van der Waals surface area contributed by atoms with Gasteiger partial charge in [0.25, 0.3) is 0 Å². The van der Waals surface area contributed by atoms with Crippen molar-refractivity contribution in [3.05, 3.63) is 23.3 Å². The van der Waals surface area contributed by atoms with Crippen molar-refractivity contribution < 1.29 is 13.2 Å². The van der Waals surface area contributed by atoms with Gasteiger partial charge in [-0.3, -0.25) is 0 Å². The summed E-state index contributed by atoms with van der Waals surface area (Å²) in [5.41, 5.74) is 1.54. The molecule has 0 spiro atoms. The molecule has 5 heteroatoms. The van der Waals surface area contributed by atoms with Gasteiger partial charge in [0.1, 0.15) is 10.6 Å². The van der Waals surface area contributed by atoms with Gasteiger partial charge in [0.05, 0.1) is 6.61 Å². The van der Waals surface area contributed by atoms with Crippen molar-refractivity contribution in [2.75, 3.05) is 6.61 Å². The standard InChI is InChI=1S/C12H15NO3S/c1-4-5-6-16-12-10(3)7-9(2)8-11(12)17(13,14)15/h1,7-8H,5-6H2,2-3H3,(H2,13,14,15). The van der Waals surface area contributed by atoms with Crippen LogP contribution in [0.15, 0.2) is 17.0 Å². The average molecular weight is 253 g/mol. The highest BCUT2D eigenvalue weighted by atomic mass is 32.2. The summed E-state index contributed by atoms with van der Waals surface area (Å²) >= 11 is 0. The highest BCUT2D eigenvalue weighted by molar-refractivity contribution is 7.89. The van der Waals surface area contributed by atoms with E-state index in [-0.39, 0.29) is 17.3 Å². The van der Waals surface area contributed by atoms with Crippen molar-refractivity contribution in [2.24, 2.45) is 5.14 Å². The van der Waals surface area contributed by atoms with Gasteiger partial charge >= 0.3 is 0 Å². The van der Waals surface area contributed by atoms with Gasteiger partial charge in [-0.05, 0) is 31.0 Å². The van der Waals surface area contributed by atoms with E-state index in [1.165, 1.54) is 6.07 Å². The molecule has 92 valence electrons. The lowest BCUT2D eigenvalue weighted by Crippen LogP contribution is -2.15. The van der Waals surface area contributed by atoms with Gasteiger partial charge < -0.3 is 4.74 Å². The molecule has 0 aliphatic heterocycles. The number of hydrogen-bond acceptors (Lipinski definition) is 3. The van der Waals surface area contributed by atoms with E-state index in [0.717, 1.165) is 11.1 Å². The summed E-state index contributed by atoms with van der Waals surface area (Å²) in [7, 11) is -3.79. The molecule has 0 heterocycles. The number of ether oxygens (including phenoxy) is 1. The fourth-order valence-corrected chi connectivity index (χ4v) is 2.35. The summed E-state index contributed by atoms with van der Waals surface area (Å²) in [4.78, 5) is 0.00650. The van der Waals surface area contributed by atoms with Crippen LogP contribution in [0.25, 0.3) is 0 Å². The van der Waals surface area contributed by atoms with Crippen LogP contribution in [0.1, 0.15) is 17.5 Å². The van der Waals surface area contributed by atoms with Crippen LogP contribution in [0.5, 0.6) is 5.75 Å². The Labute approximate surface area is 102 Å². The Morgan fingerprint density at radius 1 is 1.41 bits per heavy atom. The van der Waals surface area contributed by atoms with E-state index in [0.29, 0.717) is 6.42 Å². The fourth-order valence-electron chi connectivity index (χ4n) is 1.52. The smallest absolute Gasteiger partial charge is 0.241 e. The molecule has 0 unspecified atom stereocenters. The summed E-state index contributed by atoms with van der Waals surface area (Å²) in [6.07, 6.45) is 5.52. The normalized spacial score (nSPS) is 10.9. The number of rotatable bonds is 4. The van der Waals surface area contributed by atoms with E-state index >= 15 is 0 Å². The molecular formula is C12H15NO3S.